The number of fused-ring (bicyclic) bond motifs is 1. The molecule has 0 unspecified atom stereocenters. The van der Waals surface area contributed by atoms with Crippen LogP contribution in [0.1, 0.15) is 27.6 Å². The fourth-order valence-corrected chi connectivity index (χ4v) is 6.33. The molecule has 0 spiro atoms. The molecule has 0 bridgehead atoms. The van der Waals surface area contributed by atoms with Crippen molar-refractivity contribution in [1.82, 2.24) is 15.1 Å². The Hall–Kier alpha value is -3.70. The van der Waals surface area contributed by atoms with Gasteiger partial charge in [0.05, 0.1) is 7.11 Å². The molecule has 2 aliphatic heterocycles. The van der Waals surface area contributed by atoms with Crippen molar-refractivity contribution in [2.45, 2.75) is 37.8 Å². The average molecular weight is 551 g/mol. The second kappa shape index (κ2) is 11.4. The second-order valence-corrected chi connectivity index (χ2v) is 11.2. The smallest absolute Gasteiger partial charge is 0.355 e. The van der Waals surface area contributed by atoms with Gasteiger partial charge in [-0.3, -0.25) is 14.7 Å². The van der Waals surface area contributed by atoms with Crippen LogP contribution in [0.5, 0.6) is 11.5 Å². The molecule has 196 valence electrons. The van der Waals surface area contributed by atoms with Crippen molar-refractivity contribution in [2.75, 3.05) is 12.9 Å². The van der Waals surface area contributed by atoms with Crippen molar-refractivity contribution >= 4 is 41.2 Å². The van der Waals surface area contributed by atoms with Gasteiger partial charge in [0, 0.05) is 24.0 Å². The first-order valence-electron chi connectivity index (χ1n) is 12.0. The fraction of sp³-hybridized carbons (Fsp3) is 0.296. The molecule has 0 saturated carbocycles. The molecule has 1 aromatic heterocycles. The Labute approximate surface area is 228 Å². The lowest BCUT2D eigenvalue weighted by Gasteiger charge is -2.48. The molecular weight excluding hydrogens is 524 g/mol. The number of esters is 1. The Kier molecular flexibility index (Phi) is 7.75. The molecular formula is C27H26N4O5S2. The van der Waals surface area contributed by atoms with Gasteiger partial charge >= 0.3 is 5.97 Å². The lowest BCUT2D eigenvalue weighted by molar-refractivity contribution is -0.151. The molecule has 3 heterocycles. The van der Waals surface area contributed by atoms with E-state index in [0.29, 0.717) is 35.6 Å². The number of carbonyl (C=O) groups is 2. The first-order valence-corrected chi connectivity index (χ1v) is 13.9. The minimum absolute atomic E-state index is 0.0733. The number of hydrogen-bond acceptors (Lipinski definition) is 10. The summed E-state index contributed by atoms with van der Waals surface area (Å²) < 4.78 is 10.9. The monoisotopic (exact) mass is 550 g/mol. The van der Waals surface area contributed by atoms with Crippen LogP contribution in [0.25, 0.3) is 0 Å². The largest absolute Gasteiger partial charge is 0.507 e. The minimum atomic E-state index is -0.642. The van der Waals surface area contributed by atoms with E-state index in [0.717, 1.165) is 21.2 Å². The first-order chi connectivity index (χ1) is 18.4. The summed E-state index contributed by atoms with van der Waals surface area (Å²) in [5.41, 5.74) is 2.48. The van der Waals surface area contributed by atoms with Crippen molar-refractivity contribution < 1.29 is 24.2 Å². The van der Waals surface area contributed by atoms with Crippen molar-refractivity contribution in [3.8, 4) is 11.5 Å². The normalized spacial score (nSPS) is 18.9. The molecule has 38 heavy (non-hydrogen) atoms. The summed E-state index contributed by atoms with van der Waals surface area (Å²) >= 11 is 3.09. The van der Waals surface area contributed by atoms with E-state index in [1.807, 2.05) is 19.1 Å². The molecule has 1 amide bonds. The van der Waals surface area contributed by atoms with Gasteiger partial charge in [-0.15, -0.1) is 33.3 Å². The number of phenols is 1. The highest BCUT2D eigenvalue weighted by atomic mass is 32.2. The second-order valence-electron chi connectivity index (χ2n) is 8.78. The number of aromatic nitrogens is 2. The highest BCUT2D eigenvalue weighted by Gasteiger charge is 2.53. The Bertz CT molecular complexity index is 1400. The van der Waals surface area contributed by atoms with Gasteiger partial charge in [0.2, 0.25) is 0 Å². The number of nitrogens with zero attached hydrogens (tertiary/aromatic N) is 4. The number of aliphatic imine (C=N–C) groups is 1. The van der Waals surface area contributed by atoms with E-state index in [-0.39, 0.29) is 23.6 Å². The van der Waals surface area contributed by atoms with Crippen molar-refractivity contribution in [2.24, 2.45) is 4.99 Å². The predicted octanol–water partition coefficient (Wildman–Crippen LogP) is 3.89. The topological polar surface area (TPSA) is 114 Å². The van der Waals surface area contributed by atoms with Gasteiger partial charge in [0.15, 0.2) is 6.04 Å². The number of hydrogen-bond donors (Lipinski definition) is 1. The minimum Gasteiger partial charge on any atom is -0.507 e. The molecule has 1 N–H and O–H groups in total. The number of rotatable bonds is 9. The zero-order valence-corrected chi connectivity index (χ0v) is 22.5. The molecule has 1 saturated heterocycles. The number of β-lactam (4-membered cyclic amide) rings is 1. The van der Waals surface area contributed by atoms with E-state index in [1.54, 1.807) is 55.3 Å². The number of phenolic OH excluding ortho intramolecular Hbond substituents is 1. The molecule has 0 aliphatic carbocycles. The maximum atomic E-state index is 13.4. The van der Waals surface area contributed by atoms with Crippen LogP contribution in [-0.4, -0.2) is 62.6 Å². The molecule has 0 radical (unpaired) electrons. The number of methoxy groups -OCH3 is 1. The number of benzene rings is 2. The predicted molar refractivity (Wildman–Crippen MR) is 145 cm³/mol. The van der Waals surface area contributed by atoms with Crippen molar-refractivity contribution in [3.63, 3.8) is 0 Å². The summed E-state index contributed by atoms with van der Waals surface area (Å²) in [7, 11) is 1.59. The molecule has 1 fully saturated rings. The molecule has 2 atom stereocenters. The fourth-order valence-electron chi connectivity index (χ4n) is 4.24. The van der Waals surface area contributed by atoms with Gasteiger partial charge in [-0.05, 0) is 48.7 Å². The third kappa shape index (κ3) is 5.44. The summed E-state index contributed by atoms with van der Waals surface area (Å²) in [6.45, 7) is 1.97. The maximum Gasteiger partial charge on any atom is 0.355 e. The summed E-state index contributed by atoms with van der Waals surface area (Å²) in [6.07, 6.45) is 2.70. The Morgan fingerprint density at radius 2 is 1.97 bits per heavy atom. The van der Waals surface area contributed by atoms with Crippen LogP contribution >= 0.6 is 23.1 Å². The van der Waals surface area contributed by atoms with E-state index in [2.05, 4.69) is 15.2 Å². The van der Waals surface area contributed by atoms with Crippen LogP contribution in [0.4, 0.5) is 0 Å². The lowest BCUT2D eigenvalue weighted by Crippen LogP contribution is -2.64. The molecule has 11 heteroatoms. The van der Waals surface area contributed by atoms with Crippen LogP contribution in [0.3, 0.4) is 0 Å². The zero-order chi connectivity index (χ0) is 26.6. The van der Waals surface area contributed by atoms with E-state index >= 15 is 0 Å². The molecule has 2 aromatic carbocycles. The van der Waals surface area contributed by atoms with E-state index in [4.69, 9.17) is 9.47 Å². The Morgan fingerprint density at radius 3 is 2.68 bits per heavy atom. The summed E-state index contributed by atoms with van der Waals surface area (Å²) in [6, 6.07) is 13.4. The molecule has 9 nitrogen and oxygen atoms in total. The third-order valence-corrected chi connectivity index (χ3v) is 8.48. The number of ether oxygens (including phenoxy) is 2. The van der Waals surface area contributed by atoms with Crippen LogP contribution in [-0.2, 0) is 27.4 Å². The van der Waals surface area contributed by atoms with Gasteiger partial charge in [0.1, 0.15) is 39.2 Å². The van der Waals surface area contributed by atoms with Gasteiger partial charge in [-0.2, -0.15) is 0 Å². The Balaban J connectivity index is 1.35. The van der Waals surface area contributed by atoms with Crippen LogP contribution in [0.2, 0.25) is 0 Å². The molecule has 3 aromatic rings. The highest BCUT2D eigenvalue weighted by Crippen LogP contribution is 2.43. The number of para-hydroxylation sites is 1. The van der Waals surface area contributed by atoms with Gasteiger partial charge < -0.3 is 14.6 Å². The summed E-state index contributed by atoms with van der Waals surface area (Å²) in [4.78, 5) is 32.6. The van der Waals surface area contributed by atoms with E-state index in [9.17, 15) is 14.7 Å². The van der Waals surface area contributed by atoms with E-state index < -0.39 is 12.0 Å². The van der Waals surface area contributed by atoms with E-state index in [1.165, 1.54) is 22.5 Å². The SMILES string of the molecule is COc1ccc(COC(=O)C2=C(CCc3nnc(C)s3)CS[C@@H]3[C@H](N=Cc4ccccc4O)C(=O)N23)cc1. The van der Waals surface area contributed by atoms with Gasteiger partial charge in [-0.1, -0.05) is 24.3 Å². The van der Waals surface area contributed by atoms with Crippen LogP contribution in [0.15, 0.2) is 64.8 Å². The van der Waals surface area contributed by atoms with Crippen molar-refractivity contribution in [1.29, 1.82) is 0 Å². The van der Waals surface area contributed by atoms with Crippen molar-refractivity contribution in [3.05, 3.63) is 80.9 Å². The number of carbonyl (C=O) groups excluding carboxylic acids is 2. The summed E-state index contributed by atoms with van der Waals surface area (Å²) in [5, 5.41) is 19.7. The number of aromatic hydroxyl groups is 1. The molecule has 5 rings (SSSR count). The highest BCUT2D eigenvalue weighted by molar-refractivity contribution is 8.00. The number of aryl methyl sites for hydroxylation is 2. The summed E-state index contributed by atoms with van der Waals surface area (Å²) in [5.74, 6) is 0.571. The Morgan fingerprint density at radius 1 is 1.18 bits per heavy atom. The van der Waals surface area contributed by atoms with Crippen LogP contribution < -0.4 is 4.74 Å². The van der Waals surface area contributed by atoms with Gasteiger partial charge in [-0.25, -0.2) is 4.79 Å². The lowest BCUT2D eigenvalue weighted by atomic mass is 10.0. The molecule has 2 aliphatic rings. The maximum absolute atomic E-state index is 13.4. The average Bonchev–Trinajstić information content (AvgIpc) is 3.36. The third-order valence-electron chi connectivity index (χ3n) is 6.26. The standard InChI is InChI=1S/C27H26N4O5S2/c1-16-29-30-22(38-16)12-9-19-15-37-26-23(28-13-18-5-3-4-6-21(18)32)25(33)31(26)24(19)27(34)36-14-17-7-10-20(35-2)11-8-17/h3-8,10-11,13,23,26,32H,9,12,14-15H2,1-2H3/t23-,26-/m1/s1. The van der Waals surface area contributed by atoms with Gasteiger partial charge in [0.25, 0.3) is 5.91 Å². The van der Waals surface area contributed by atoms with Crippen LogP contribution in [0, 0.1) is 6.92 Å². The quantitative estimate of drug-likeness (QED) is 0.243. The first kappa shape index (κ1) is 25.9. The zero-order valence-electron chi connectivity index (χ0n) is 20.9. The number of amides is 1. The number of thioether (sulfide) groups is 1.